The summed E-state index contributed by atoms with van der Waals surface area (Å²) in [7, 11) is 1.58. The lowest BCUT2D eigenvalue weighted by Crippen LogP contribution is -1.99. The number of nitrogens with one attached hydrogen (secondary N) is 1. The van der Waals surface area contributed by atoms with E-state index >= 15 is 0 Å². The minimum Gasteiger partial charge on any atom is -0.495 e. The van der Waals surface area contributed by atoms with Crippen LogP contribution in [0.2, 0.25) is 0 Å². The Morgan fingerprint density at radius 1 is 1.00 bits per heavy atom. The molecule has 0 fully saturated rings. The number of aryl methyl sites for hydroxylation is 1. The highest BCUT2D eigenvalue weighted by atomic mass is 79.9. The molecular weight excluding hydrogens is 505 g/mol. The van der Waals surface area contributed by atoms with Crippen LogP contribution in [-0.2, 0) is 0 Å². The van der Waals surface area contributed by atoms with Gasteiger partial charge in [-0.1, -0.05) is 6.07 Å². The molecule has 0 aliphatic heterocycles. The minimum atomic E-state index is -0.500. The molecule has 0 saturated heterocycles. The van der Waals surface area contributed by atoms with Crippen molar-refractivity contribution < 1.29 is 18.3 Å². The van der Waals surface area contributed by atoms with Crippen LogP contribution in [0.15, 0.2) is 69.8 Å². The molecule has 1 N–H and O–H groups in total. The molecule has 8 nitrogen and oxygen atoms in total. The number of hydrogen-bond acceptors (Lipinski definition) is 8. The SMILES string of the molecule is COc1cc2ncnc(Nc3ccc(Oc4cccc(-c5nnc(C)o5)c4)cc3F)c2cc1Br. The molecule has 5 aromatic rings. The average molecular weight is 522 g/mol. The summed E-state index contributed by atoms with van der Waals surface area (Å²) in [4.78, 5) is 8.53. The van der Waals surface area contributed by atoms with Crippen molar-refractivity contribution in [1.82, 2.24) is 20.2 Å². The fourth-order valence-electron chi connectivity index (χ4n) is 3.34. The van der Waals surface area contributed by atoms with Crippen molar-refractivity contribution in [1.29, 1.82) is 0 Å². The maximum atomic E-state index is 14.9. The number of ether oxygens (including phenoxy) is 2. The van der Waals surface area contributed by atoms with Crippen LogP contribution in [-0.4, -0.2) is 27.3 Å². The van der Waals surface area contributed by atoms with Gasteiger partial charge in [-0.2, -0.15) is 0 Å². The van der Waals surface area contributed by atoms with E-state index < -0.39 is 5.82 Å². The summed E-state index contributed by atoms with van der Waals surface area (Å²) >= 11 is 3.46. The summed E-state index contributed by atoms with van der Waals surface area (Å²) in [5.41, 5.74) is 1.61. The molecule has 0 spiro atoms. The van der Waals surface area contributed by atoms with Crippen LogP contribution >= 0.6 is 15.9 Å². The fraction of sp³-hybridized carbons (Fsp3) is 0.0833. The van der Waals surface area contributed by atoms with Crippen molar-refractivity contribution in [3.8, 4) is 28.7 Å². The first kappa shape index (κ1) is 21.8. The van der Waals surface area contributed by atoms with Crippen molar-refractivity contribution in [2.45, 2.75) is 6.92 Å². The predicted octanol–water partition coefficient (Wildman–Crippen LogP) is 6.43. The number of aromatic nitrogens is 4. The van der Waals surface area contributed by atoms with Crippen LogP contribution in [0.25, 0.3) is 22.4 Å². The summed E-state index contributed by atoms with van der Waals surface area (Å²) in [6.45, 7) is 1.72. The molecule has 10 heteroatoms. The van der Waals surface area contributed by atoms with Crippen LogP contribution < -0.4 is 14.8 Å². The molecule has 2 aromatic heterocycles. The molecule has 0 unspecified atom stereocenters. The number of hydrogen-bond donors (Lipinski definition) is 1. The first-order chi connectivity index (χ1) is 16.5. The van der Waals surface area contributed by atoms with Crippen molar-refractivity contribution in [2.24, 2.45) is 0 Å². The zero-order chi connectivity index (χ0) is 23.7. The van der Waals surface area contributed by atoms with Gasteiger partial charge in [0.25, 0.3) is 0 Å². The van der Waals surface area contributed by atoms with Crippen LogP contribution in [0.5, 0.6) is 17.2 Å². The lowest BCUT2D eigenvalue weighted by Gasteiger charge is -2.12. The minimum absolute atomic E-state index is 0.245. The van der Waals surface area contributed by atoms with E-state index in [1.54, 1.807) is 50.4 Å². The third kappa shape index (κ3) is 4.40. The predicted molar refractivity (Wildman–Crippen MR) is 128 cm³/mol. The smallest absolute Gasteiger partial charge is 0.247 e. The van der Waals surface area contributed by atoms with Gasteiger partial charge in [-0.05, 0) is 52.3 Å². The van der Waals surface area contributed by atoms with E-state index in [9.17, 15) is 4.39 Å². The highest BCUT2D eigenvalue weighted by Gasteiger charge is 2.13. The van der Waals surface area contributed by atoms with Gasteiger partial charge < -0.3 is 19.2 Å². The molecule has 0 bridgehead atoms. The van der Waals surface area contributed by atoms with Gasteiger partial charge in [-0.15, -0.1) is 10.2 Å². The lowest BCUT2D eigenvalue weighted by molar-refractivity contribution is 0.412. The summed E-state index contributed by atoms with van der Waals surface area (Å²) in [5.74, 6) is 2.30. The Morgan fingerprint density at radius 3 is 2.62 bits per heavy atom. The van der Waals surface area contributed by atoms with Gasteiger partial charge >= 0.3 is 0 Å². The number of anilines is 2. The molecule has 0 amide bonds. The maximum Gasteiger partial charge on any atom is 0.247 e. The van der Waals surface area contributed by atoms with E-state index in [0.717, 1.165) is 4.47 Å². The van der Waals surface area contributed by atoms with Gasteiger partial charge in [0.05, 0.1) is 22.8 Å². The highest BCUT2D eigenvalue weighted by molar-refractivity contribution is 9.10. The summed E-state index contributed by atoms with van der Waals surface area (Å²) < 4.78 is 32.3. The van der Waals surface area contributed by atoms with Crippen LogP contribution in [0.4, 0.5) is 15.9 Å². The average Bonchev–Trinajstić information content (AvgIpc) is 3.27. The Balaban J connectivity index is 1.38. The molecule has 34 heavy (non-hydrogen) atoms. The van der Waals surface area contributed by atoms with Crippen molar-refractivity contribution in [2.75, 3.05) is 12.4 Å². The topological polar surface area (TPSA) is 95.2 Å². The third-order valence-corrected chi connectivity index (χ3v) is 5.56. The molecule has 2 heterocycles. The second-order valence-electron chi connectivity index (χ2n) is 7.25. The van der Waals surface area contributed by atoms with E-state index in [1.807, 2.05) is 12.1 Å². The van der Waals surface area contributed by atoms with E-state index in [4.69, 9.17) is 13.9 Å². The molecule has 3 aromatic carbocycles. The molecule has 0 aliphatic rings. The van der Waals surface area contributed by atoms with Gasteiger partial charge in [-0.3, -0.25) is 0 Å². The molecule has 0 saturated carbocycles. The molecular formula is C24H17BrFN5O3. The monoisotopic (exact) mass is 521 g/mol. The number of fused-ring (bicyclic) bond motifs is 1. The first-order valence-corrected chi connectivity index (χ1v) is 10.9. The largest absolute Gasteiger partial charge is 0.495 e. The van der Waals surface area contributed by atoms with Crippen LogP contribution in [0.1, 0.15) is 5.89 Å². The maximum absolute atomic E-state index is 14.9. The molecule has 0 atom stereocenters. The summed E-state index contributed by atoms with van der Waals surface area (Å²) in [5, 5.41) is 11.6. The second-order valence-corrected chi connectivity index (χ2v) is 8.10. The van der Waals surface area contributed by atoms with Gasteiger partial charge in [0.1, 0.15) is 35.2 Å². The van der Waals surface area contributed by atoms with Crippen molar-refractivity contribution >= 4 is 38.3 Å². The molecule has 5 rings (SSSR count). The Kier molecular flexibility index (Phi) is 5.81. The van der Waals surface area contributed by atoms with E-state index in [-0.39, 0.29) is 5.69 Å². The third-order valence-electron chi connectivity index (χ3n) is 4.95. The second kappa shape index (κ2) is 9.06. The van der Waals surface area contributed by atoms with Crippen LogP contribution in [0, 0.1) is 12.7 Å². The number of nitrogens with zero attached hydrogens (tertiary/aromatic N) is 4. The van der Waals surface area contributed by atoms with Gasteiger partial charge in [0, 0.05) is 30.0 Å². The normalized spacial score (nSPS) is 10.9. The van der Waals surface area contributed by atoms with E-state index in [1.165, 1.54) is 12.4 Å². The number of halogens is 2. The summed E-state index contributed by atoms with van der Waals surface area (Å²) in [6, 6.07) is 15.3. The van der Waals surface area contributed by atoms with Gasteiger partial charge in [0.2, 0.25) is 11.8 Å². The first-order valence-electron chi connectivity index (χ1n) is 10.1. The summed E-state index contributed by atoms with van der Waals surface area (Å²) in [6.07, 6.45) is 1.41. The fourth-order valence-corrected chi connectivity index (χ4v) is 3.85. The van der Waals surface area contributed by atoms with Gasteiger partial charge in [-0.25, -0.2) is 14.4 Å². The highest BCUT2D eigenvalue weighted by Crippen LogP contribution is 2.34. The zero-order valence-corrected chi connectivity index (χ0v) is 19.6. The van der Waals surface area contributed by atoms with E-state index in [2.05, 4.69) is 41.4 Å². The molecule has 0 aliphatic carbocycles. The Bertz CT molecular complexity index is 1510. The Hall–Kier alpha value is -4.05. The molecule has 170 valence electrons. The van der Waals surface area contributed by atoms with Gasteiger partial charge in [0.15, 0.2) is 0 Å². The van der Waals surface area contributed by atoms with Crippen molar-refractivity contribution in [3.05, 3.63) is 77.1 Å². The molecule has 0 radical (unpaired) electrons. The lowest BCUT2D eigenvalue weighted by atomic mass is 10.2. The standard InChI is InChI=1S/C24H17BrFN5O3/c1-13-30-31-24(33-13)14-4-3-5-15(8-14)34-16-6-7-20(19(26)9-16)29-23-17-10-18(25)22(32-2)11-21(17)27-12-28-23/h3-12H,1-2H3,(H,27,28,29). The number of rotatable bonds is 6. The Morgan fingerprint density at radius 2 is 1.85 bits per heavy atom. The zero-order valence-electron chi connectivity index (χ0n) is 18.0. The van der Waals surface area contributed by atoms with Crippen molar-refractivity contribution in [3.63, 3.8) is 0 Å². The number of methoxy groups -OCH3 is 1. The number of benzene rings is 3. The van der Waals surface area contributed by atoms with Crippen LogP contribution in [0.3, 0.4) is 0 Å². The Labute approximate surface area is 201 Å². The quantitative estimate of drug-likeness (QED) is 0.273. The van der Waals surface area contributed by atoms with E-state index in [0.29, 0.717) is 51.3 Å².